The summed E-state index contributed by atoms with van der Waals surface area (Å²) in [7, 11) is 1.75. The van der Waals surface area contributed by atoms with Crippen molar-refractivity contribution in [1.82, 2.24) is 9.88 Å². The van der Waals surface area contributed by atoms with Crippen molar-refractivity contribution in [2.75, 3.05) is 12.4 Å². The van der Waals surface area contributed by atoms with E-state index in [0.29, 0.717) is 0 Å². The minimum atomic E-state index is -0.146. The first-order valence-corrected chi connectivity index (χ1v) is 8.93. The van der Waals surface area contributed by atoms with Crippen LogP contribution < -0.4 is 5.32 Å². The number of nitrogens with one attached hydrogen (secondary N) is 1. The van der Waals surface area contributed by atoms with Gasteiger partial charge in [0.1, 0.15) is 5.01 Å². The maximum Gasteiger partial charge on any atom is 0.224 e. The smallest absolute Gasteiger partial charge is 0.224 e. The third kappa shape index (κ3) is 4.89. The van der Waals surface area contributed by atoms with Gasteiger partial charge in [0.2, 0.25) is 11.8 Å². The van der Waals surface area contributed by atoms with Gasteiger partial charge >= 0.3 is 0 Å². The van der Waals surface area contributed by atoms with E-state index in [4.69, 9.17) is 0 Å². The molecule has 0 saturated heterocycles. The number of hydrogen-bond donors (Lipinski definition) is 1. The molecule has 0 radical (unpaired) electrons. The van der Waals surface area contributed by atoms with E-state index in [1.807, 2.05) is 36.6 Å². The number of thiazole rings is 1. The van der Waals surface area contributed by atoms with Crippen LogP contribution >= 0.6 is 11.3 Å². The molecular formula is C18H23N3O2S. The molecule has 2 amide bonds. The summed E-state index contributed by atoms with van der Waals surface area (Å²) in [6.07, 6.45) is 3.00. The number of nitrogens with zero attached hydrogens (tertiary/aromatic N) is 2. The monoisotopic (exact) mass is 345 g/mol. The van der Waals surface area contributed by atoms with Gasteiger partial charge in [-0.25, -0.2) is 4.98 Å². The number of amides is 2. The molecule has 1 N–H and O–H groups in total. The zero-order valence-corrected chi connectivity index (χ0v) is 15.1. The van der Waals surface area contributed by atoms with Crippen molar-refractivity contribution < 1.29 is 9.59 Å². The molecule has 0 unspecified atom stereocenters. The van der Waals surface area contributed by atoms with E-state index in [2.05, 4.69) is 17.2 Å². The van der Waals surface area contributed by atoms with Gasteiger partial charge in [0, 0.05) is 37.2 Å². The molecule has 0 aliphatic rings. The summed E-state index contributed by atoms with van der Waals surface area (Å²) in [6.45, 7) is 4.01. The van der Waals surface area contributed by atoms with Gasteiger partial charge < -0.3 is 10.2 Å². The van der Waals surface area contributed by atoms with Gasteiger partial charge in [0.05, 0.1) is 6.04 Å². The minimum Gasteiger partial charge on any atom is -0.337 e. The Kier molecular flexibility index (Phi) is 6.49. The van der Waals surface area contributed by atoms with E-state index in [1.54, 1.807) is 18.1 Å². The fraction of sp³-hybridized carbons (Fsp3) is 0.389. The van der Waals surface area contributed by atoms with Crippen molar-refractivity contribution >= 4 is 28.8 Å². The summed E-state index contributed by atoms with van der Waals surface area (Å²) in [5.74, 6) is -0.206. The lowest BCUT2D eigenvalue weighted by atomic mass is 10.1. The van der Waals surface area contributed by atoms with Crippen LogP contribution in [0.4, 0.5) is 5.69 Å². The Bertz CT molecular complexity index is 685. The standard InChI is InChI=1S/C18H23N3O2S/c1-4-14-6-5-7-15(12-14)20-16(22)8-9-17(23)21(3)13(2)18-19-10-11-24-18/h5-7,10-13H,4,8-9H2,1-3H3,(H,20,22)/t13-/m1/s1. The Morgan fingerprint density at radius 2 is 2.12 bits per heavy atom. The topological polar surface area (TPSA) is 62.3 Å². The molecule has 2 aromatic rings. The van der Waals surface area contributed by atoms with E-state index >= 15 is 0 Å². The molecule has 0 bridgehead atoms. The van der Waals surface area contributed by atoms with Crippen LogP contribution in [0.3, 0.4) is 0 Å². The number of carbonyl (C=O) groups is 2. The molecule has 0 spiro atoms. The average Bonchev–Trinajstić information content (AvgIpc) is 3.13. The second-order valence-electron chi connectivity index (χ2n) is 5.65. The highest BCUT2D eigenvalue weighted by Gasteiger charge is 2.19. The van der Waals surface area contributed by atoms with Crippen LogP contribution in [-0.4, -0.2) is 28.7 Å². The predicted octanol–water partition coefficient (Wildman–Crippen LogP) is 3.64. The van der Waals surface area contributed by atoms with Gasteiger partial charge in [-0.1, -0.05) is 19.1 Å². The summed E-state index contributed by atoms with van der Waals surface area (Å²) >= 11 is 1.52. The molecule has 2 rings (SSSR count). The number of aryl methyl sites for hydroxylation is 1. The molecule has 0 aliphatic carbocycles. The zero-order valence-electron chi connectivity index (χ0n) is 14.3. The van der Waals surface area contributed by atoms with Gasteiger partial charge in [-0.3, -0.25) is 9.59 Å². The molecule has 1 atom stereocenters. The second-order valence-corrected chi connectivity index (χ2v) is 6.58. The molecule has 24 heavy (non-hydrogen) atoms. The molecule has 128 valence electrons. The van der Waals surface area contributed by atoms with Crippen LogP contribution in [0.2, 0.25) is 0 Å². The van der Waals surface area contributed by atoms with E-state index in [0.717, 1.165) is 17.1 Å². The van der Waals surface area contributed by atoms with E-state index in [1.165, 1.54) is 16.9 Å². The van der Waals surface area contributed by atoms with Crippen molar-refractivity contribution in [2.45, 2.75) is 39.2 Å². The van der Waals surface area contributed by atoms with Crippen LogP contribution in [0.25, 0.3) is 0 Å². The first-order valence-electron chi connectivity index (χ1n) is 8.05. The lowest BCUT2D eigenvalue weighted by molar-refractivity contribution is -0.133. The Morgan fingerprint density at radius 3 is 2.79 bits per heavy atom. The van der Waals surface area contributed by atoms with E-state index < -0.39 is 0 Å². The molecule has 5 nitrogen and oxygen atoms in total. The Balaban J connectivity index is 1.83. The molecule has 1 aromatic heterocycles. The van der Waals surface area contributed by atoms with Crippen LogP contribution in [-0.2, 0) is 16.0 Å². The molecule has 0 fully saturated rings. The second kappa shape index (κ2) is 8.59. The maximum absolute atomic E-state index is 12.3. The molecule has 0 aliphatic heterocycles. The van der Waals surface area contributed by atoms with Crippen molar-refractivity contribution in [3.63, 3.8) is 0 Å². The number of carbonyl (C=O) groups excluding carboxylic acids is 2. The molecule has 1 heterocycles. The Morgan fingerprint density at radius 1 is 1.33 bits per heavy atom. The van der Waals surface area contributed by atoms with Crippen molar-refractivity contribution in [2.24, 2.45) is 0 Å². The van der Waals surface area contributed by atoms with Crippen molar-refractivity contribution in [1.29, 1.82) is 0 Å². The van der Waals surface area contributed by atoms with Gasteiger partial charge in [0.25, 0.3) is 0 Å². The van der Waals surface area contributed by atoms with Crippen LogP contribution in [0.15, 0.2) is 35.8 Å². The number of rotatable bonds is 7. The third-order valence-corrected chi connectivity index (χ3v) is 4.91. The molecule has 1 aromatic carbocycles. The van der Waals surface area contributed by atoms with Gasteiger partial charge in [-0.15, -0.1) is 11.3 Å². The molecular weight excluding hydrogens is 322 g/mol. The van der Waals surface area contributed by atoms with Crippen molar-refractivity contribution in [3.8, 4) is 0 Å². The van der Waals surface area contributed by atoms with Gasteiger partial charge in [-0.05, 0) is 31.0 Å². The summed E-state index contributed by atoms with van der Waals surface area (Å²) < 4.78 is 0. The van der Waals surface area contributed by atoms with Crippen LogP contribution in [0.5, 0.6) is 0 Å². The number of anilines is 1. The fourth-order valence-corrected chi connectivity index (χ4v) is 3.05. The highest BCUT2D eigenvalue weighted by atomic mass is 32.1. The van der Waals surface area contributed by atoms with Gasteiger partial charge in [0.15, 0.2) is 0 Å². The number of aromatic nitrogens is 1. The highest BCUT2D eigenvalue weighted by molar-refractivity contribution is 7.09. The SMILES string of the molecule is CCc1cccc(NC(=O)CCC(=O)N(C)[C@H](C)c2nccs2)c1. The lowest BCUT2D eigenvalue weighted by Crippen LogP contribution is -2.30. The summed E-state index contributed by atoms with van der Waals surface area (Å²) in [4.78, 5) is 30.2. The van der Waals surface area contributed by atoms with Crippen LogP contribution in [0.1, 0.15) is 43.3 Å². The van der Waals surface area contributed by atoms with Crippen LogP contribution in [0, 0.1) is 0 Å². The first-order chi connectivity index (χ1) is 11.5. The summed E-state index contributed by atoms with van der Waals surface area (Å²) in [5, 5.41) is 5.63. The summed E-state index contributed by atoms with van der Waals surface area (Å²) in [5.41, 5.74) is 1.94. The normalized spacial score (nSPS) is 11.8. The molecule has 6 heteroatoms. The quantitative estimate of drug-likeness (QED) is 0.833. The molecule has 0 saturated carbocycles. The predicted molar refractivity (Wildman–Crippen MR) is 97.0 cm³/mol. The fourth-order valence-electron chi connectivity index (χ4n) is 2.31. The number of hydrogen-bond acceptors (Lipinski definition) is 4. The average molecular weight is 345 g/mol. The minimum absolute atomic E-state index is 0.0600. The van der Waals surface area contributed by atoms with Gasteiger partial charge in [-0.2, -0.15) is 0 Å². The Hall–Kier alpha value is -2.21. The zero-order chi connectivity index (χ0) is 17.5. The van der Waals surface area contributed by atoms with E-state index in [-0.39, 0.29) is 30.7 Å². The number of benzene rings is 1. The maximum atomic E-state index is 12.3. The lowest BCUT2D eigenvalue weighted by Gasteiger charge is -2.23. The largest absolute Gasteiger partial charge is 0.337 e. The first kappa shape index (κ1) is 18.1. The third-order valence-electron chi connectivity index (χ3n) is 3.97. The van der Waals surface area contributed by atoms with E-state index in [9.17, 15) is 9.59 Å². The highest BCUT2D eigenvalue weighted by Crippen LogP contribution is 2.21. The Labute approximate surface area is 146 Å². The summed E-state index contributed by atoms with van der Waals surface area (Å²) in [6, 6.07) is 7.67. The van der Waals surface area contributed by atoms with Crippen molar-refractivity contribution in [3.05, 3.63) is 46.4 Å².